The molecule has 0 aromatic carbocycles. The topological polar surface area (TPSA) is 40.5 Å². The molecule has 4 fully saturated rings. The van der Waals surface area contributed by atoms with E-state index in [-0.39, 0.29) is 5.92 Å². The number of hydrogen-bond acceptors (Lipinski definition) is 2. The first-order chi connectivity index (χ1) is 6.27. The lowest BCUT2D eigenvalue weighted by molar-refractivity contribution is -0.147. The Hall–Kier alpha value is -0.570. The molecule has 2 heterocycles. The molecule has 0 aromatic rings. The standard InChI is InChI=1S/C10H15NO2/c12-10(13)9-6-4-8(9)11(5-6)7-2-1-3-7/h6-9H,1-5H2,(H,12,13). The van der Waals surface area contributed by atoms with Crippen LogP contribution in [0.15, 0.2) is 0 Å². The molecule has 0 spiro atoms. The van der Waals surface area contributed by atoms with Crippen LogP contribution in [-0.4, -0.2) is 34.6 Å². The molecule has 4 aliphatic rings. The SMILES string of the molecule is O=C(O)C1C2CC1N(C1CCC1)C2. The van der Waals surface area contributed by atoms with Gasteiger partial charge in [-0.15, -0.1) is 0 Å². The summed E-state index contributed by atoms with van der Waals surface area (Å²) in [6.45, 7) is 1.06. The summed E-state index contributed by atoms with van der Waals surface area (Å²) in [7, 11) is 0. The van der Waals surface area contributed by atoms with Gasteiger partial charge in [-0.3, -0.25) is 9.69 Å². The first-order valence-corrected chi connectivity index (χ1v) is 5.26. The fourth-order valence-corrected chi connectivity index (χ4v) is 3.16. The van der Waals surface area contributed by atoms with Crippen molar-refractivity contribution in [1.29, 1.82) is 0 Å². The fourth-order valence-electron chi connectivity index (χ4n) is 3.16. The van der Waals surface area contributed by atoms with Crippen LogP contribution in [0.1, 0.15) is 25.7 Å². The highest BCUT2D eigenvalue weighted by molar-refractivity contribution is 5.73. The first-order valence-electron chi connectivity index (χ1n) is 5.26. The third-order valence-electron chi connectivity index (χ3n) is 4.17. The van der Waals surface area contributed by atoms with Crippen LogP contribution in [0.3, 0.4) is 0 Å². The van der Waals surface area contributed by atoms with Crippen LogP contribution in [0.5, 0.6) is 0 Å². The molecule has 1 N–H and O–H groups in total. The van der Waals surface area contributed by atoms with Gasteiger partial charge in [-0.1, -0.05) is 6.42 Å². The van der Waals surface area contributed by atoms with Crippen molar-refractivity contribution in [2.45, 2.75) is 37.8 Å². The van der Waals surface area contributed by atoms with E-state index in [0.717, 1.165) is 19.0 Å². The Morgan fingerprint density at radius 1 is 1.38 bits per heavy atom. The van der Waals surface area contributed by atoms with Gasteiger partial charge in [-0.2, -0.15) is 0 Å². The van der Waals surface area contributed by atoms with E-state index in [9.17, 15) is 4.79 Å². The molecule has 2 aliphatic carbocycles. The Balaban J connectivity index is 1.72. The van der Waals surface area contributed by atoms with Crippen molar-refractivity contribution in [2.75, 3.05) is 6.54 Å². The van der Waals surface area contributed by atoms with Crippen molar-refractivity contribution < 1.29 is 9.90 Å². The van der Waals surface area contributed by atoms with Crippen LogP contribution < -0.4 is 0 Å². The van der Waals surface area contributed by atoms with Gasteiger partial charge in [0.2, 0.25) is 0 Å². The molecule has 0 amide bonds. The monoisotopic (exact) mass is 181 g/mol. The Labute approximate surface area is 77.7 Å². The summed E-state index contributed by atoms with van der Waals surface area (Å²) in [4.78, 5) is 13.4. The molecular weight excluding hydrogens is 166 g/mol. The van der Waals surface area contributed by atoms with E-state index in [2.05, 4.69) is 4.90 Å². The molecule has 0 aromatic heterocycles. The van der Waals surface area contributed by atoms with Crippen LogP contribution in [0, 0.1) is 11.8 Å². The molecule has 3 atom stereocenters. The minimum absolute atomic E-state index is 0.0272. The van der Waals surface area contributed by atoms with Crippen molar-refractivity contribution >= 4 is 5.97 Å². The van der Waals surface area contributed by atoms with E-state index < -0.39 is 5.97 Å². The summed E-state index contributed by atoms with van der Waals surface area (Å²) >= 11 is 0. The van der Waals surface area contributed by atoms with Gasteiger partial charge in [0, 0.05) is 18.6 Å². The average molecular weight is 181 g/mol. The van der Waals surface area contributed by atoms with Crippen molar-refractivity contribution in [3.63, 3.8) is 0 Å². The average Bonchev–Trinajstić information content (AvgIpc) is 2.36. The van der Waals surface area contributed by atoms with Gasteiger partial charge < -0.3 is 5.11 Å². The Morgan fingerprint density at radius 3 is 2.62 bits per heavy atom. The summed E-state index contributed by atoms with van der Waals surface area (Å²) in [5.74, 6) is -0.119. The number of carboxylic acids is 1. The number of carboxylic acid groups (broad SMARTS) is 1. The van der Waals surface area contributed by atoms with Gasteiger partial charge in [0.25, 0.3) is 0 Å². The predicted molar refractivity (Wildman–Crippen MR) is 47.4 cm³/mol. The van der Waals surface area contributed by atoms with E-state index in [0.29, 0.717) is 12.0 Å². The summed E-state index contributed by atoms with van der Waals surface area (Å²) in [5, 5.41) is 8.98. The molecule has 3 heteroatoms. The van der Waals surface area contributed by atoms with Gasteiger partial charge in [-0.05, 0) is 25.2 Å². The van der Waals surface area contributed by atoms with E-state index >= 15 is 0 Å². The third kappa shape index (κ3) is 0.909. The third-order valence-corrected chi connectivity index (χ3v) is 4.17. The zero-order valence-electron chi connectivity index (χ0n) is 7.65. The summed E-state index contributed by atoms with van der Waals surface area (Å²) in [5.41, 5.74) is 0. The summed E-state index contributed by atoms with van der Waals surface area (Å²) in [6, 6.07) is 1.13. The summed E-state index contributed by atoms with van der Waals surface area (Å²) < 4.78 is 0. The van der Waals surface area contributed by atoms with E-state index in [1.807, 2.05) is 0 Å². The van der Waals surface area contributed by atoms with Crippen molar-refractivity contribution in [3.05, 3.63) is 0 Å². The molecule has 2 aliphatic heterocycles. The lowest BCUT2D eigenvalue weighted by Crippen LogP contribution is -2.48. The minimum Gasteiger partial charge on any atom is -0.481 e. The Kier molecular flexibility index (Phi) is 1.48. The van der Waals surface area contributed by atoms with E-state index in [1.54, 1.807) is 0 Å². The van der Waals surface area contributed by atoms with E-state index in [4.69, 9.17) is 5.11 Å². The van der Waals surface area contributed by atoms with E-state index in [1.165, 1.54) is 19.3 Å². The van der Waals surface area contributed by atoms with Crippen molar-refractivity contribution in [3.8, 4) is 0 Å². The molecule has 3 unspecified atom stereocenters. The second-order valence-corrected chi connectivity index (χ2v) is 4.71. The van der Waals surface area contributed by atoms with Crippen LogP contribution in [0.25, 0.3) is 0 Å². The molecule has 3 nitrogen and oxygen atoms in total. The van der Waals surface area contributed by atoms with Gasteiger partial charge >= 0.3 is 5.97 Å². The quantitative estimate of drug-likeness (QED) is 0.689. The molecule has 2 saturated heterocycles. The molecule has 13 heavy (non-hydrogen) atoms. The van der Waals surface area contributed by atoms with Crippen LogP contribution in [0.2, 0.25) is 0 Å². The summed E-state index contributed by atoms with van der Waals surface area (Å²) in [6.07, 6.45) is 5.09. The molecule has 0 radical (unpaired) electrons. The number of carbonyl (C=O) groups is 1. The number of hydrogen-bond donors (Lipinski definition) is 1. The number of aliphatic carboxylic acids is 1. The Morgan fingerprint density at radius 2 is 2.15 bits per heavy atom. The molecular formula is C10H15NO2. The van der Waals surface area contributed by atoms with Gasteiger partial charge in [0.15, 0.2) is 0 Å². The molecule has 72 valence electrons. The predicted octanol–water partition coefficient (Wildman–Crippen LogP) is 0.944. The highest BCUT2D eigenvalue weighted by Crippen LogP contribution is 2.49. The second kappa shape index (κ2) is 2.47. The number of nitrogens with zero attached hydrogens (tertiary/aromatic N) is 1. The number of rotatable bonds is 2. The lowest BCUT2D eigenvalue weighted by Gasteiger charge is -2.40. The van der Waals surface area contributed by atoms with Crippen molar-refractivity contribution in [1.82, 2.24) is 4.90 Å². The maximum Gasteiger partial charge on any atom is 0.308 e. The number of fused-ring (bicyclic) bond motifs is 1. The second-order valence-electron chi connectivity index (χ2n) is 4.71. The lowest BCUT2D eigenvalue weighted by atomic mass is 9.73. The zero-order valence-corrected chi connectivity index (χ0v) is 7.65. The largest absolute Gasteiger partial charge is 0.481 e. The highest BCUT2D eigenvalue weighted by atomic mass is 16.4. The molecule has 2 bridgehead atoms. The van der Waals surface area contributed by atoms with Gasteiger partial charge in [0.1, 0.15) is 0 Å². The molecule has 2 saturated carbocycles. The van der Waals surface area contributed by atoms with Crippen LogP contribution in [0.4, 0.5) is 0 Å². The fraction of sp³-hybridized carbons (Fsp3) is 0.900. The first kappa shape index (κ1) is 7.80. The highest BCUT2D eigenvalue weighted by Gasteiger charge is 2.57. The Bertz CT molecular complexity index is 249. The van der Waals surface area contributed by atoms with Crippen LogP contribution in [-0.2, 0) is 4.79 Å². The normalized spacial score (nSPS) is 44.2. The van der Waals surface area contributed by atoms with Crippen molar-refractivity contribution in [2.24, 2.45) is 11.8 Å². The maximum absolute atomic E-state index is 10.9. The molecule has 4 rings (SSSR count). The zero-order chi connectivity index (χ0) is 9.00. The maximum atomic E-state index is 10.9. The smallest absolute Gasteiger partial charge is 0.308 e. The van der Waals surface area contributed by atoms with Gasteiger partial charge in [-0.25, -0.2) is 0 Å². The van der Waals surface area contributed by atoms with Gasteiger partial charge in [0.05, 0.1) is 5.92 Å². The van der Waals surface area contributed by atoms with Crippen LogP contribution >= 0.6 is 0 Å². The minimum atomic E-state index is -0.567.